The molecular weight excluding hydrogens is 450 g/mol. The van der Waals surface area contributed by atoms with E-state index in [2.05, 4.69) is 10.6 Å². The van der Waals surface area contributed by atoms with Gasteiger partial charge in [0.2, 0.25) is 17.7 Å². The van der Waals surface area contributed by atoms with Crippen molar-refractivity contribution < 1.29 is 29.0 Å². The van der Waals surface area contributed by atoms with Crippen LogP contribution < -0.4 is 15.4 Å². The summed E-state index contributed by atoms with van der Waals surface area (Å²) >= 11 is 0. The van der Waals surface area contributed by atoms with E-state index in [1.165, 1.54) is 4.90 Å². The Labute approximate surface area is 206 Å². The Morgan fingerprint density at radius 3 is 2.49 bits per heavy atom. The molecule has 6 atom stereocenters. The summed E-state index contributed by atoms with van der Waals surface area (Å²) in [7, 11) is 1.57. The number of nitrogens with one attached hydrogen (secondary N) is 2. The number of methoxy groups -OCH3 is 1. The first-order chi connectivity index (χ1) is 16.6. The lowest BCUT2D eigenvalue weighted by Crippen LogP contribution is -2.57. The molecule has 3 aliphatic heterocycles. The number of aliphatic hydroxyl groups excluding tert-OH is 1. The van der Waals surface area contributed by atoms with Crippen molar-refractivity contribution >= 4 is 23.4 Å². The lowest BCUT2D eigenvalue weighted by Gasteiger charge is -2.38. The number of hydrogen-bond donors (Lipinski definition) is 3. The zero-order valence-corrected chi connectivity index (χ0v) is 21.2. The van der Waals surface area contributed by atoms with Crippen LogP contribution in [0.5, 0.6) is 5.75 Å². The van der Waals surface area contributed by atoms with Gasteiger partial charge in [0, 0.05) is 12.2 Å². The third-order valence-electron chi connectivity index (χ3n) is 7.97. The van der Waals surface area contributed by atoms with E-state index in [4.69, 9.17) is 9.47 Å². The zero-order valence-electron chi connectivity index (χ0n) is 21.2. The first kappa shape index (κ1) is 25.4. The van der Waals surface area contributed by atoms with Gasteiger partial charge in [0.1, 0.15) is 17.4 Å². The maximum absolute atomic E-state index is 14.0. The standard InChI is InChI=1S/C26H37N3O6/c1-6-13-27-22(31)19-20-24(33)29(18(14-30)15(2)3)21(26(20)12-11-25(19,4)35-26)23(32)28-16-7-9-17(34-5)10-8-16/h7-10,15,18-21,30H,6,11-14H2,1-5H3,(H,27,31)(H,28,32)/t18-,19-,20-,21?,25+,26?/m0/s1. The van der Waals surface area contributed by atoms with E-state index in [1.54, 1.807) is 31.4 Å². The van der Waals surface area contributed by atoms with Gasteiger partial charge in [-0.05, 0) is 56.4 Å². The first-order valence-corrected chi connectivity index (χ1v) is 12.5. The predicted octanol–water partition coefficient (Wildman–Crippen LogP) is 1.94. The van der Waals surface area contributed by atoms with Gasteiger partial charge >= 0.3 is 0 Å². The van der Waals surface area contributed by atoms with E-state index >= 15 is 0 Å². The van der Waals surface area contributed by atoms with Crippen molar-refractivity contribution in [3.8, 4) is 5.75 Å². The quantitative estimate of drug-likeness (QED) is 0.490. The van der Waals surface area contributed by atoms with E-state index in [9.17, 15) is 19.5 Å². The average Bonchev–Trinajstić information content (AvgIpc) is 3.39. The van der Waals surface area contributed by atoms with Gasteiger partial charge in [-0.3, -0.25) is 14.4 Å². The Kier molecular flexibility index (Phi) is 6.85. The van der Waals surface area contributed by atoms with Crippen LogP contribution in [0.4, 0.5) is 5.69 Å². The second-order valence-corrected chi connectivity index (χ2v) is 10.5. The highest BCUT2D eigenvalue weighted by Crippen LogP contribution is 2.63. The summed E-state index contributed by atoms with van der Waals surface area (Å²) < 4.78 is 11.8. The fourth-order valence-electron chi connectivity index (χ4n) is 6.28. The number of nitrogens with zero attached hydrogens (tertiary/aromatic N) is 1. The molecule has 3 heterocycles. The third kappa shape index (κ3) is 3.98. The molecule has 3 fully saturated rings. The van der Waals surface area contributed by atoms with Gasteiger partial charge in [-0.25, -0.2) is 0 Å². The molecule has 9 nitrogen and oxygen atoms in total. The molecule has 2 bridgehead atoms. The number of rotatable bonds is 9. The number of anilines is 1. The number of carbonyl (C=O) groups excluding carboxylic acids is 3. The average molecular weight is 488 g/mol. The van der Waals surface area contributed by atoms with Gasteiger partial charge in [0.05, 0.1) is 37.2 Å². The monoisotopic (exact) mass is 487 g/mol. The Morgan fingerprint density at radius 2 is 1.91 bits per heavy atom. The molecule has 3 aliphatic rings. The normalized spacial score (nSPS) is 32.0. The second kappa shape index (κ2) is 9.43. The lowest BCUT2D eigenvalue weighted by molar-refractivity contribution is -0.149. The van der Waals surface area contributed by atoms with E-state index < -0.39 is 35.1 Å². The summed E-state index contributed by atoms with van der Waals surface area (Å²) in [6.45, 7) is 7.88. The van der Waals surface area contributed by atoms with Crippen molar-refractivity contribution in [2.75, 3.05) is 25.6 Å². The highest BCUT2D eigenvalue weighted by molar-refractivity contribution is 6.04. The molecule has 1 spiro atoms. The summed E-state index contributed by atoms with van der Waals surface area (Å²) in [6.07, 6.45) is 1.84. The van der Waals surface area contributed by atoms with Gasteiger partial charge in [-0.1, -0.05) is 20.8 Å². The molecule has 1 aromatic rings. The molecule has 3 saturated heterocycles. The molecule has 192 valence electrons. The zero-order chi connectivity index (χ0) is 25.5. The number of amides is 3. The molecule has 1 aromatic carbocycles. The van der Waals surface area contributed by atoms with Crippen LogP contribution in [0.15, 0.2) is 24.3 Å². The van der Waals surface area contributed by atoms with Crippen LogP contribution in [-0.4, -0.2) is 71.3 Å². The molecule has 0 aliphatic carbocycles. The van der Waals surface area contributed by atoms with Crippen LogP contribution in [0.2, 0.25) is 0 Å². The second-order valence-electron chi connectivity index (χ2n) is 10.5. The molecule has 0 aromatic heterocycles. The molecule has 3 N–H and O–H groups in total. The first-order valence-electron chi connectivity index (χ1n) is 12.5. The van der Waals surface area contributed by atoms with Crippen molar-refractivity contribution in [2.24, 2.45) is 17.8 Å². The smallest absolute Gasteiger partial charge is 0.250 e. The van der Waals surface area contributed by atoms with Crippen LogP contribution in [0, 0.1) is 17.8 Å². The molecule has 9 heteroatoms. The maximum atomic E-state index is 14.0. The van der Waals surface area contributed by atoms with Crippen molar-refractivity contribution in [3.05, 3.63) is 24.3 Å². The van der Waals surface area contributed by atoms with Crippen molar-refractivity contribution in [2.45, 2.75) is 70.2 Å². The highest BCUT2D eigenvalue weighted by atomic mass is 16.5. The minimum Gasteiger partial charge on any atom is -0.497 e. The minimum atomic E-state index is -1.13. The maximum Gasteiger partial charge on any atom is 0.250 e. The molecule has 35 heavy (non-hydrogen) atoms. The molecule has 2 unspecified atom stereocenters. The van der Waals surface area contributed by atoms with Gasteiger partial charge in [-0.2, -0.15) is 0 Å². The van der Waals surface area contributed by atoms with Crippen LogP contribution in [0.1, 0.15) is 47.0 Å². The molecule has 0 radical (unpaired) electrons. The number of hydrogen-bond acceptors (Lipinski definition) is 6. The topological polar surface area (TPSA) is 117 Å². The van der Waals surface area contributed by atoms with Crippen LogP contribution >= 0.6 is 0 Å². The van der Waals surface area contributed by atoms with Crippen LogP contribution in [0.25, 0.3) is 0 Å². The summed E-state index contributed by atoms with van der Waals surface area (Å²) in [4.78, 5) is 42.6. The number of ether oxygens (including phenoxy) is 2. The third-order valence-corrected chi connectivity index (χ3v) is 7.97. The summed E-state index contributed by atoms with van der Waals surface area (Å²) in [5.74, 6) is -1.81. The van der Waals surface area contributed by atoms with E-state index in [-0.39, 0.29) is 30.2 Å². The van der Waals surface area contributed by atoms with Crippen molar-refractivity contribution in [3.63, 3.8) is 0 Å². The Morgan fingerprint density at radius 1 is 1.23 bits per heavy atom. The molecular formula is C26H37N3O6. The summed E-state index contributed by atoms with van der Waals surface area (Å²) in [5.41, 5.74) is -1.39. The van der Waals surface area contributed by atoms with Gasteiger partial charge in [0.25, 0.3) is 0 Å². The number of aliphatic hydroxyl groups is 1. The largest absolute Gasteiger partial charge is 0.497 e. The number of fused-ring (bicyclic) bond motifs is 1. The van der Waals surface area contributed by atoms with Gasteiger partial charge in [-0.15, -0.1) is 0 Å². The SMILES string of the molecule is CCCNC(=O)[C@@H]1[C@H]2C(=O)N([C@@H](CO)C(C)C)C(C(=O)Nc3ccc(OC)cc3)C23CC[C@@]1(C)O3. The molecule has 3 amide bonds. The lowest BCUT2D eigenvalue weighted by atomic mass is 9.66. The number of likely N-dealkylation sites (tertiary alicyclic amines) is 1. The van der Waals surface area contributed by atoms with Crippen molar-refractivity contribution in [1.82, 2.24) is 10.2 Å². The Hall–Kier alpha value is -2.65. The fraction of sp³-hybridized carbons (Fsp3) is 0.654. The minimum absolute atomic E-state index is 0.101. The van der Waals surface area contributed by atoms with E-state index in [0.29, 0.717) is 30.8 Å². The van der Waals surface area contributed by atoms with Crippen molar-refractivity contribution in [1.29, 1.82) is 0 Å². The van der Waals surface area contributed by atoms with Gasteiger partial charge in [0.15, 0.2) is 0 Å². The predicted molar refractivity (Wildman–Crippen MR) is 130 cm³/mol. The highest BCUT2D eigenvalue weighted by Gasteiger charge is 2.78. The van der Waals surface area contributed by atoms with Crippen LogP contribution in [-0.2, 0) is 19.1 Å². The van der Waals surface area contributed by atoms with Gasteiger partial charge < -0.3 is 30.1 Å². The Bertz CT molecular complexity index is 982. The summed E-state index contributed by atoms with van der Waals surface area (Å²) in [5, 5.41) is 16.1. The number of benzene rings is 1. The molecule has 0 saturated carbocycles. The molecule has 4 rings (SSSR count). The van der Waals surface area contributed by atoms with Crippen LogP contribution in [0.3, 0.4) is 0 Å². The van der Waals surface area contributed by atoms with E-state index in [0.717, 1.165) is 6.42 Å². The fourth-order valence-corrected chi connectivity index (χ4v) is 6.28. The Balaban J connectivity index is 1.74. The summed E-state index contributed by atoms with van der Waals surface area (Å²) in [6, 6.07) is 5.40. The van der Waals surface area contributed by atoms with E-state index in [1.807, 2.05) is 27.7 Å². The number of carbonyl (C=O) groups is 3.